The van der Waals surface area contributed by atoms with Crippen LogP contribution in [0.2, 0.25) is 0 Å². The van der Waals surface area contributed by atoms with Gasteiger partial charge < -0.3 is 20.7 Å². The van der Waals surface area contributed by atoms with Crippen molar-refractivity contribution in [3.8, 4) is 11.5 Å². The summed E-state index contributed by atoms with van der Waals surface area (Å²) in [5, 5.41) is 17.8. The SMILES string of the molecule is NCC(=O)Oc1ccc(C(=O)O)c(O)c1. The molecular formula is C9H9NO5. The van der Waals surface area contributed by atoms with Gasteiger partial charge in [-0.3, -0.25) is 4.79 Å². The minimum Gasteiger partial charge on any atom is -0.507 e. The normalized spacial score (nSPS) is 9.67. The van der Waals surface area contributed by atoms with Crippen molar-refractivity contribution in [1.29, 1.82) is 0 Å². The van der Waals surface area contributed by atoms with Crippen LogP contribution in [0.15, 0.2) is 18.2 Å². The van der Waals surface area contributed by atoms with Gasteiger partial charge >= 0.3 is 11.9 Å². The van der Waals surface area contributed by atoms with Gasteiger partial charge in [0.25, 0.3) is 0 Å². The number of carboxylic acid groups (broad SMARTS) is 1. The molecule has 0 saturated heterocycles. The van der Waals surface area contributed by atoms with Crippen LogP contribution in [0.4, 0.5) is 0 Å². The van der Waals surface area contributed by atoms with Crippen LogP contribution < -0.4 is 10.5 Å². The Kier molecular flexibility index (Phi) is 3.25. The number of esters is 1. The maximum Gasteiger partial charge on any atom is 0.339 e. The van der Waals surface area contributed by atoms with Gasteiger partial charge in [0.2, 0.25) is 0 Å². The van der Waals surface area contributed by atoms with Gasteiger partial charge in [-0.1, -0.05) is 0 Å². The van der Waals surface area contributed by atoms with Gasteiger partial charge in [0, 0.05) is 6.07 Å². The summed E-state index contributed by atoms with van der Waals surface area (Å²) >= 11 is 0. The van der Waals surface area contributed by atoms with E-state index < -0.39 is 17.7 Å². The van der Waals surface area contributed by atoms with E-state index in [1.54, 1.807) is 0 Å². The Labute approximate surface area is 84.9 Å². The van der Waals surface area contributed by atoms with Crippen molar-refractivity contribution >= 4 is 11.9 Å². The molecule has 0 bridgehead atoms. The average molecular weight is 211 g/mol. The van der Waals surface area contributed by atoms with Gasteiger partial charge in [-0.25, -0.2) is 4.79 Å². The molecule has 0 aromatic heterocycles. The standard InChI is InChI=1S/C9H9NO5/c10-4-8(12)15-5-1-2-6(9(13)14)7(11)3-5/h1-3,11H,4,10H2,(H,13,14). The molecule has 6 nitrogen and oxygen atoms in total. The Morgan fingerprint density at radius 3 is 2.53 bits per heavy atom. The Hall–Kier alpha value is -2.08. The molecule has 0 atom stereocenters. The topological polar surface area (TPSA) is 110 Å². The number of aromatic hydroxyl groups is 1. The van der Waals surface area contributed by atoms with Crippen molar-refractivity contribution in [2.75, 3.05) is 6.54 Å². The first-order valence-electron chi connectivity index (χ1n) is 4.01. The van der Waals surface area contributed by atoms with Gasteiger partial charge in [-0.15, -0.1) is 0 Å². The zero-order valence-corrected chi connectivity index (χ0v) is 7.64. The smallest absolute Gasteiger partial charge is 0.339 e. The third-order valence-electron chi connectivity index (χ3n) is 1.60. The molecular weight excluding hydrogens is 202 g/mol. The summed E-state index contributed by atoms with van der Waals surface area (Å²) in [4.78, 5) is 21.3. The Bertz CT molecular complexity index is 401. The second-order valence-corrected chi connectivity index (χ2v) is 2.66. The molecule has 0 saturated carbocycles. The van der Waals surface area contributed by atoms with Crippen molar-refractivity contribution in [3.63, 3.8) is 0 Å². The number of benzene rings is 1. The maximum atomic E-state index is 10.8. The Balaban J connectivity index is 2.91. The van der Waals surface area contributed by atoms with E-state index >= 15 is 0 Å². The number of carbonyl (C=O) groups excluding carboxylic acids is 1. The van der Waals surface area contributed by atoms with Crippen LogP contribution in [0.1, 0.15) is 10.4 Å². The summed E-state index contributed by atoms with van der Waals surface area (Å²) in [6.45, 7) is -0.290. The Morgan fingerprint density at radius 2 is 2.07 bits per heavy atom. The minimum absolute atomic E-state index is 0.0490. The van der Waals surface area contributed by atoms with Crippen molar-refractivity contribution in [3.05, 3.63) is 23.8 Å². The first-order valence-corrected chi connectivity index (χ1v) is 4.01. The molecule has 0 fully saturated rings. The summed E-state index contributed by atoms with van der Waals surface area (Å²) in [5.41, 5.74) is 4.74. The predicted molar refractivity (Wildman–Crippen MR) is 49.8 cm³/mol. The van der Waals surface area contributed by atoms with Crippen LogP contribution in [-0.2, 0) is 4.79 Å². The van der Waals surface area contributed by atoms with Crippen LogP contribution in [0.3, 0.4) is 0 Å². The monoisotopic (exact) mass is 211 g/mol. The molecule has 0 spiro atoms. The zero-order valence-electron chi connectivity index (χ0n) is 7.64. The summed E-state index contributed by atoms with van der Waals surface area (Å²) in [6, 6.07) is 3.44. The van der Waals surface area contributed by atoms with Crippen molar-refractivity contribution in [2.24, 2.45) is 5.73 Å². The minimum atomic E-state index is -1.26. The lowest BCUT2D eigenvalue weighted by Crippen LogP contribution is -2.19. The van der Waals surface area contributed by atoms with E-state index in [1.807, 2.05) is 0 Å². The molecule has 80 valence electrons. The molecule has 0 unspecified atom stereocenters. The molecule has 0 aliphatic rings. The van der Waals surface area contributed by atoms with Gasteiger partial charge in [0.1, 0.15) is 17.1 Å². The van der Waals surface area contributed by atoms with Crippen LogP contribution in [0.5, 0.6) is 11.5 Å². The number of nitrogens with two attached hydrogens (primary N) is 1. The summed E-state index contributed by atoms with van der Waals surface area (Å²) in [5.74, 6) is -2.35. The number of carboxylic acids is 1. The van der Waals surface area contributed by atoms with E-state index in [4.69, 9.17) is 10.8 Å². The zero-order chi connectivity index (χ0) is 11.4. The van der Waals surface area contributed by atoms with Gasteiger partial charge in [-0.05, 0) is 12.1 Å². The highest BCUT2D eigenvalue weighted by atomic mass is 16.5. The third kappa shape index (κ3) is 2.68. The van der Waals surface area contributed by atoms with Crippen molar-refractivity contribution in [1.82, 2.24) is 0 Å². The van der Waals surface area contributed by atoms with Crippen LogP contribution in [0.25, 0.3) is 0 Å². The molecule has 0 amide bonds. The van der Waals surface area contributed by atoms with E-state index in [-0.39, 0.29) is 17.9 Å². The first-order chi connectivity index (χ1) is 7.04. The second-order valence-electron chi connectivity index (χ2n) is 2.66. The number of hydrogen-bond acceptors (Lipinski definition) is 5. The number of carbonyl (C=O) groups is 2. The molecule has 1 rings (SSSR count). The van der Waals surface area contributed by atoms with Crippen LogP contribution in [-0.4, -0.2) is 28.7 Å². The largest absolute Gasteiger partial charge is 0.507 e. The van der Waals surface area contributed by atoms with E-state index in [0.717, 1.165) is 12.1 Å². The number of rotatable bonds is 3. The lowest BCUT2D eigenvalue weighted by molar-refractivity contribution is -0.132. The fourth-order valence-electron chi connectivity index (χ4n) is 0.929. The molecule has 6 heteroatoms. The van der Waals surface area contributed by atoms with E-state index in [0.29, 0.717) is 0 Å². The van der Waals surface area contributed by atoms with E-state index in [9.17, 15) is 14.7 Å². The molecule has 4 N–H and O–H groups in total. The average Bonchev–Trinajstić information content (AvgIpc) is 2.17. The maximum absolute atomic E-state index is 10.8. The summed E-state index contributed by atoms with van der Waals surface area (Å²) < 4.78 is 4.66. The Morgan fingerprint density at radius 1 is 1.40 bits per heavy atom. The number of aromatic carboxylic acids is 1. The van der Waals surface area contributed by atoms with E-state index in [1.165, 1.54) is 6.07 Å². The second kappa shape index (κ2) is 4.43. The van der Waals surface area contributed by atoms with Gasteiger partial charge in [-0.2, -0.15) is 0 Å². The number of ether oxygens (including phenoxy) is 1. The van der Waals surface area contributed by atoms with E-state index in [2.05, 4.69) is 4.74 Å². The fourth-order valence-corrected chi connectivity index (χ4v) is 0.929. The predicted octanol–water partition coefficient (Wildman–Crippen LogP) is -0.0455. The molecule has 0 aliphatic carbocycles. The lowest BCUT2D eigenvalue weighted by atomic mass is 10.2. The quantitative estimate of drug-likeness (QED) is 0.477. The fraction of sp³-hybridized carbons (Fsp3) is 0.111. The first kappa shape index (κ1) is 11.0. The lowest BCUT2D eigenvalue weighted by Gasteiger charge is -2.04. The van der Waals surface area contributed by atoms with Crippen molar-refractivity contribution in [2.45, 2.75) is 0 Å². The molecule has 0 aliphatic heterocycles. The third-order valence-corrected chi connectivity index (χ3v) is 1.60. The highest BCUT2D eigenvalue weighted by Gasteiger charge is 2.11. The number of hydrogen-bond donors (Lipinski definition) is 3. The van der Waals surface area contributed by atoms with Gasteiger partial charge in [0.15, 0.2) is 0 Å². The van der Waals surface area contributed by atoms with Crippen molar-refractivity contribution < 1.29 is 24.5 Å². The van der Waals surface area contributed by atoms with Gasteiger partial charge in [0.05, 0.1) is 6.54 Å². The molecule has 1 aromatic rings. The number of phenols is 1. The molecule has 0 radical (unpaired) electrons. The molecule has 1 aromatic carbocycles. The molecule has 15 heavy (non-hydrogen) atoms. The van der Waals surface area contributed by atoms with Crippen LogP contribution >= 0.6 is 0 Å². The highest BCUT2D eigenvalue weighted by molar-refractivity contribution is 5.91. The highest BCUT2D eigenvalue weighted by Crippen LogP contribution is 2.23. The molecule has 0 heterocycles. The summed E-state index contributed by atoms with van der Waals surface area (Å²) in [7, 11) is 0. The summed E-state index contributed by atoms with van der Waals surface area (Å²) in [6.07, 6.45) is 0. The van der Waals surface area contributed by atoms with Crippen LogP contribution in [0, 0.1) is 0 Å².